The van der Waals surface area contributed by atoms with Crippen molar-refractivity contribution in [2.45, 2.75) is 47.1 Å². The predicted octanol–water partition coefficient (Wildman–Crippen LogP) is 18.0. The minimum atomic E-state index is -2.47. The Kier molecular flexibility index (Phi) is 12.1. The van der Waals surface area contributed by atoms with Crippen LogP contribution in [0.2, 0.25) is 0 Å². The Labute approximate surface area is 510 Å². The first-order valence-electron chi connectivity index (χ1n) is 32.3. The Morgan fingerprint density at radius 2 is 1.04 bits per heavy atom. The van der Waals surface area contributed by atoms with Crippen LogP contribution in [0.4, 0.5) is 0 Å². The van der Waals surface area contributed by atoms with Gasteiger partial charge in [-0.2, -0.15) is 0 Å². The number of fused-ring (bicyclic) bond motifs is 8. The van der Waals surface area contributed by atoms with E-state index in [1.54, 1.807) is 48.7 Å². The first-order chi connectivity index (χ1) is 44.0. The average Bonchev–Trinajstić information content (AvgIpc) is 1.64. The molecule has 79 heavy (non-hydrogen) atoms. The molecule has 2 radical (unpaired) electrons. The Hall–Kier alpha value is -8.29. The SMILES string of the molecule is [2H]C([2H])([2H])C([2H])(C)c1ccnc(-c2[c-]ccc3c2oc2nc4ccccc4cc23)c1.[2H]C([2H])([2H])c1c[c-]c(-c2ccc(C([2H])([2H])[2H])cn2)cc1.[2H]C([2H])([2H])c1c[c-]c(-c2ccc(C([2H])([2H])[2H])cn2)cc1.[Ir].[Ir].[c-]1ccc2c(oc3cc4ccccc4cc32)c1-c1ccccn1. The maximum absolute atomic E-state index is 8.38. The molecule has 7 aromatic carbocycles. The van der Waals surface area contributed by atoms with Gasteiger partial charge >= 0.3 is 0 Å². The Morgan fingerprint density at radius 1 is 0.468 bits per heavy atom. The van der Waals surface area contributed by atoms with Crippen molar-refractivity contribution in [2.75, 3.05) is 0 Å². The number of hydrogen-bond donors (Lipinski definition) is 0. The molecular formula is C70H53Ir2N5O2-4. The molecule has 7 aromatic heterocycles. The van der Waals surface area contributed by atoms with Gasteiger partial charge in [-0.15, -0.1) is 107 Å². The van der Waals surface area contributed by atoms with Crippen molar-refractivity contribution in [2.24, 2.45) is 0 Å². The van der Waals surface area contributed by atoms with E-state index in [1.807, 2.05) is 66.7 Å². The zero-order chi connectivity index (χ0) is 66.3. The summed E-state index contributed by atoms with van der Waals surface area (Å²) >= 11 is 0. The number of pyridine rings is 5. The molecule has 14 rings (SSSR count). The van der Waals surface area contributed by atoms with E-state index in [0.29, 0.717) is 50.6 Å². The van der Waals surface area contributed by atoms with Crippen molar-refractivity contribution in [1.29, 1.82) is 0 Å². The Bertz CT molecular complexity index is 4760. The summed E-state index contributed by atoms with van der Waals surface area (Å²) in [6.45, 7) is -9.76. The van der Waals surface area contributed by atoms with Crippen LogP contribution < -0.4 is 0 Å². The van der Waals surface area contributed by atoms with Gasteiger partial charge in [-0.05, 0) is 101 Å². The number of rotatable bonds is 5. The number of aryl methyl sites for hydroxylation is 4. The van der Waals surface area contributed by atoms with E-state index in [0.717, 1.165) is 54.9 Å². The van der Waals surface area contributed by atoms with Crippen LogP contribution >= 0.6 is 0 Å². The summed E-state index contributed by atoms with van der Waals surface area (Å²) < 4.78 is 131. The van der Waals surface area contributed by atoms with Crippen molar-refractivity contribution in [1.82, 2.24) is 24.9 Å². The molecule has 1 atom stereocenters. The van der Waals surface area contributed by atoms with Gasteiger partial charge in [0.05, 0.1) is 16.7 Å². The number of furan rings is 2. The van der Waals surface area contributed by atoms with Crippen molar-refractivity contribution < 1.29 is 71.0 Å². The minimum Gasteiger partial charge on any atom is -0.501 e. The molecule has 0 bridgehead atoms. The number of aromatic nitrogens is 5. The third kappa shape index (κ3) is 12.5. The second kappa shape index (κ2) is 25.0. The quantitative estimate of drug-likeness (QED) is 0.159. The summed E-state index contributed by atoms with van der Waals surface area (Å²) in [5, 5.41) is 7.42. The first kappa shape index (κ1) is 38.3. The van der Waals surface area contributed by atoms with Gasteiger partial charge in [0.1, 0.15) is 5.58 Å². The number of nitrogens with zero attached hydrogens (tertiary/aromatic N) is 5. The molecule has 0 aliphatic rings. The third-order valence-corrected chi connectivity index (χ3v) is 12.5. The fraction of sp³-hybridized carbons (Fsp3) is 0.100. The van der Waals surface area contributed by atoms with Gasteiger partial charge < -0.3 is 28.8 Å². The average molecular weight is 1400 g/mol. The normalized spacial score (nSPS) is 15.4. The van der Waals surface area contributed by atoms with Gasteiger partial charge in [0, 0.05) is 103 Å². The van der Waals surface area contributed by atoms with Crippen molar-refractivity contribution in [3.8, 4) is 45.0 Å². The van der Waals surface area contributed by atoms with Crippen LogP contribution in [0.15, 0.2) is 216 Å². The van der Waals surface area contributed by atoms with Crippen molar-refractivity contribution in [3.63, 3.8) is 0 Å². The van der Waals surface area contributed by atoms with Crippen LogP contribution in [0, 0.1) is 51.7 Å². The second-order valence-corrected chi connectivity index (χ2v) is 17.7. The molecule has 0 amide bonds. The van der Waals surface area contributed by atoms with Crippen LogP contribution in [0.1, 0.15) is 69.4 Å². The number of benzene rings is 7. The molecule has 14 aromatic rings. The number of para-hydroxylation sites is 1. The summed E-state index contributed by atoms with van der Waals surface area (Å²) in [6.07, 6.45) is 5.91. The molecule has 0 N–H and O–H groups in total. The molecule has 392 valence electrons. The molecule has 0 spiro atoms. The Morgan fingerprint density at radius 3 is 1.63 bits per heavy atom. The molecule has 0 aliphatic heterocycles. The molecule has 0 fully saturated rings. The fourth-order valence-corrected chi connectivity index (χ4v) is 8.66. The molecule has 9 heteroatoms. The van der Waals surface area contributed by atoms with Crippen molar-refractivity contribution in [3.05, 3.63) is 259 Å². The zero-order valence-electron chi connectivity index (χ0n) is 57.8. The van der Waals surface area contributed by atoms with E-state index < -0.39 is 40.2 Å². The molecule has 0 saturated heterocycles. The monoisotopic (exact) mass is 1400 g/mol. The van der Waals surface area contributed by atoms with Gasteiger partial charge in [-0.1, -0.05) is 140 Å². The van der Waals surface area contributed by atoms with E-state index >= 15 is 0 Å². The molecule has 7 nitrogen and oxygen atoms in total. The van der Waals surface area contributed by atoms with E-state index in [1.165, 1.54) is 72.7 Å². The topological polar surface area (TPSA) is 90.7 Å². The van der Waals surface area contributed by atoms with Crippen molar-refractivity contribution >= 4 is 65.7 Å². The van der Waals surface area contributed by atoms with Crippen LogP contribution in [0.25, 0.3) is 111 Å². The molecule has 1 unspecified atom stereocenters. The van der Waals surface area contributed by atoms with Crippen LogP contribution in [-0.2, 0) is 40.2 Å². The van der Waals surface area contributed by atoms with Crippen LogP contribution in [-0.4, -0.2) is 24.9 Å². The van der Waals surface area contributed by atoms with Gasteiger partial charge in [-0.25, -0.2) is 4.98 Å². The smallest absolute Gasteiger partial charge is 0.216 e. The predicted molar refractivity (Wildman–Crippen MR) is 314 cm³/mol. The van der Waals surface area contributed by atoms with Gasteiger partial charge in [0.25, 0.3) is 0 Å². The summed E-state index contributed by atoms with van der Waals surface area (Å²) in [4.78, 5) is 21.6. The molecule has 7 heterocycles. The minimum absolute atomic E-state index is 0. The summed E-state index contributed by atoms with van der Waals surface area (Å²) in [5.74, 6) is -1.76. The maximum atomic E-state index is 8.38. The molecule has 0 aliphatic carbocycles. The number of hydrogen-bond acceptors (Lipinski definition) is 7. The van der Waals surface area contributed by atoms with Gasteiger partial charge in [-0.3, -0.25) is 0 Å². The van der Waals surface area contributed by atoms with Gasteiger partial charge in [0.15, 0.2) is 0 Å². The van der Waals surface area contributed by atoms with E-state index in [4.69, 9.17) is 30.8 Å². The standard InChI is InChI=1S/C23H17N2O.C21H12NO.2C13H12N.2Ir/c1-14(2)15-10-11-24-21(13-15)18-8-5-7-17-19-12-16-6-3-4-9-20(16)25-23(19)26-22(17)18;1-2-7-15-13-20-18(12-14(15)6-1)16-8-5-9-17(21(16)23-20)19-10-3-4-11-22-19;2*1-10-3-6-12(7-4-10)13-8-5-11(2)9-14-13;;/h3-7,9-14H,1-2H3;1-8,10-13H;2*3-6,8-9H,1-2H3;;/q4*-1;;/i1D3,14D;;2*1D3,2D3;;. The maximum Gasteiger partial charge on any atom is 0.216 e. The van der Waals surface area contributed by atoms with E-state index in [9.17, 15) is 0 Å². The summed E-state index contributed by atoms with van der Waals surface area (Å²) in [7, 11) is 0. The molecule has 0 saturated carbocycles. The largest absolute Gasteiger partial charge is 0.501 e. The van der Waals surface area contributed by atoms with Gasteiger partial charge in [0.2, 0.25) is 5.71 Å². The first-order valence-corrected chi connectivity index (χ1v) is 24.3. The van der Waals surface area contributed by atoms with Crippen LogP contribution in [0.5, 0.6) is 0 Å². The van der Waals surface area contributed by atoms with E-state index in [2.05, 4.69) is 85.6 Å². The summed E-state index contributed by atoms with van der Waals surface area (Å²) in [6, 6.07) is 66.6. The Balaban J connectivity index is 0.000000150. The van der Waals surface area contributed by atoms with E-state index in [-0.39, 0.29) is 62.5 Å². The molecular weight excluding hydrogens is 1330 g/mol. The van der Waals surface area contributed by atoms with Crippen LogP contribution in [0.3, 0.4) is 0 Å². The zero-order valence-corrected chi connectivity index (χ0v) is 46.6. The third-order valence-electron chi connectivity index (χ3n) is 12.5. The second-order valence-electron chi connectivity index (χ2n) is 17.7. The summed E-state index contributed by atoms with van der Waals surface area (Å²) in [5.41, 5.74) is 10.0. The fourth-order valence-electron chi connectivity index (χ4n) is 8.66.